The predicted octanol–water partition coefficient (Wildman–Crippen LogP) is 7.04. The monoisotopic (exact) mass is 859 g/mol. The fourth-order valence-electron chi connectivity index (χ4n) is 6.97. The van der Waals surface area contributed by atoms with Gasteiger partial charge < -0.3 is 30.1 Å². The van der Waals surface area contributed by atoms with Gasteiger partial charge in [-0.2, -0.15) is 16.8 Å². The number of unbranched alkanes of at least 4 members (excludes halogenated alkanes) is 23. The minimum Gasteiger partial charge on any atom is -0.394 e. The Bertz CT molecular complexity index is 1250. The number of aliphatic hydroxyl groups is 3. The quantitative estimate of drug-likeness (QED) is 0.0209. The van der Waals surface area contributed by atoms with Crippen molar-refractivity contribution >= 4 is 26.7 Å². The molecular formula is C40H77NO14S2. The Balaban J connectivity index is 2.80. The summed E-state index contributed by atoms with van der Waals surface area (Å²) in [6, 6.07) is -1.11. The highest BCUT2D eigenvalue weighted by molar-refractivity contribution is 7.81. The average Bonchev–Trinajstić information content (AvgIpc) is 3.14. The van der Waals surface area contributed by atoms with Crippen LogP contribution in [0.1, 0.15) is 181 Å². The third-order valence-electron chi connectivity index (χ3n) is 10.3. The standard InChI is InChI=1S/C40H77NO14S2/c1-3-5-7-9-11-13-15-17-19-21-23-25-27-29-34(43)33(41-36(44)30-28-26-24-22-20-18-16-14-12-10-8-6-4-2)32-52-40-39(55-57(49,50)51)38(54-56(46,47)48)37(45)35(31-42)53-40/h27,29,33-35,37-40,42-43,45H,3-26,28,30-32H2,1-2H3,(H,41,44)(H,46,47,48)(H,49,50,51)/b29-27+/t33-,34+,35+,37-,38-,39+,40+/m0/s1. The third kappa shape index (κ3) is 28.0. The molecule has 1 aliphatic rings. The molecule has 0 unspecified atom stereocenters. The second-order valence-electron chi connectivity index (χ2n) is 15.4. The van der Waals surface area contributed by atoms with Crippen LogP contribution in [-0.4, -0.2) is 103 Å². The molecule has 0 aliphatic carbocycles. The Morgan fingerprint density at radius 3 is 1.54 bits per heavy atom. The van der Waals surface area contributed by atoms with Crippen LogP contribution >= 0.6 is 0 Å². The average molecular weight is 860 g/mol. The molecule has 0 saturated carbocycles. The fourth-order valence-corrected chi connectivity index (χ4v) is 7.96. The zero-order valence-corrected chi connectivity index (χ0v) is 36.4. The number of carbonyl (C=O) groups is 1. The normalized spacial score (nSPS) is 21.6. The molecular weight excluding hydrogens is 783 g/mol. The van der Waals surface area contributed by atoms with E-state index in [1.54, 1.807) is 6.08 Å². The lowest BCUT2D eigenvalue weighted by Crippen LogP contribution is -2.62. The van der Waals surface area contributed by atoms with Crippen LogP contribution in [-0.2, 0) is 43.4 Å². The number of hydrogen-bond acceptors (Lipinski definition) is 12. The van der Waals surface area contributed by atoms with E-state index in [0.717, 1.165) is 44.9 Å². The lowest BCUT2D eigenvalue weighted by atomic mass is 9.99. The maximum absolute atomic E-state index is 13.1. The molecule has 1 aliphatic heterocycles. The Kier molecular flexibility index (Phi) is 30.7. The van der Waals surface area contributed by atoms with Gasteiger partial charge in [0.25, 0.3) is 0 Å². The van der Waals surface area contributed by atoms with Gasteiger partial charge in [0, 0.05) is 6.42 Å². The van der Waals surface area contributed by atoms with Crippen LogP contribution in [0, 0.1) is 0 Å². The molecule has 0 bridgehead atoms. The van der Waals surface area contributed by atoms with Crippen LogP contribution in [0.3, 0.4) is 0 Å². The number of nitrogens with one attached hydrogen (secondary N) is 1. The van der Waals surface area contributed by atoms with Crippen LogP contribution < -0.4 is 5.32 Å². The lowest BCUT2D eigenvalue weighted by molar-refractivity contribution is -0.293. The van der Waals surface area contributed by atoms with E-state index in [2.05, 4.69) is 27.5 Å². The summed E-state index contributed by atoms with van der Waals surface area (Å²) in [5.41, 5.74) is 0. The van der Waals surface area contributed by atoms with E-state index in [1.807, 2.05) is 0 Å². The van der Waals surface area contributed by atoms with Crippen LogP contribution in [0.2, 0.25) is 0 Å². The van der Waals surface area contributed by atoms with Gasteiger partial charge in [-0.25, -0.2) is 8.37 Å². The number of allylic oxidation sites excluding steroid dienone is 1. The first-order valence-corrected chi connectivity index (χ1v) is 24.5. The second-order valence-corrected chi connectivity index (χ2v) is 17.5. The summed E-state index contributed by atoms with van der Waals surface area (Å²) in [6.07, 6.45) is 21.0. The largest absolute Gasteiger partial charge is 0.397 e. The lowest BCUT2D eigenvalue weighted by Gasteiger charge is -2.42. The van der Waals surface area contributed by atoms with Gasteiger partial charge in [0.15, 0.2) is 12.4 Å². The minimum atomic E-state index is -5.35. The Hall–Kier alpha value is -1.25. The summed E-state index contributed by atoms with van der Waals surface area (Å²) in [7, 11) is -10.7. The number of aliphatic hydroxyl groups excluding tert-OH is 3. The molecule has 6 N–H and O–H groups in total. The van der Waals surface area contributed by atoms with E-state index < -0.39 is 76.9 Å². The van der Waals surface area contributed by atoms with Gasteiger partial charge >= 0.3 is 20.8 Å². The first-order chi connectivity index (χ1) is 27.2. The number of carbonyl (C=O) groups excluding carboxylic acids is 1. The van der Waals surface area contributed by atoms with Crippen LogP contribution in [0.5, 0.6) is 0 Å². The molecule has 0 aromatic heterocycles. The smallest absolute Gasteiger partial charge is 0.394 e. The van der Waals surface area contributed by atoms with Crippen molar-refractivity contribution in [2.45, 2.75) is 224 Å². The molecule has 0 radical (unpaired) electrons. The maximum Gasteiger partial charge on any atom is 0.397 e. The first-order valence-electron chi connectivity index (χ1n) is 21.7. The van der Waals surface area contributed by atoms with Crippen molar-refractivity contribution in [1.29, 1.82) is 0 Å². The van der Waals surface area contributed by atoms with E-state index in [0.29, 0.717) is 12.8 Å². The Morgan fingerprint density at radius 2 is 1.11 bits per heavy atom. The zero-order valence-electron chi connectivity index (χ0n) is 34.7. The second kappa shape index (κ2) is 32.5. The summed E-state index contributed by atoms with van der Waals surface area (Å²) in [5, 5.41) is 34.2. The summed E-state index contributed by atoms with van der Waals surface area (Å²) in [5.74, 6) is -0.365. The molecule has 0 spiro atoms. The highest BCUT2D eigenvalue weighted by atomic mass is 32.3. The van der Waals surface area contributed by atoms with Crippen molar-refractivity contribution in [2.75, 3.05) is 13.2 Å². The van der Waals surface area contributed by atoms with E-state index in [4.69, 9.17) is 9.47 Å². The van der Waals surface area contributed by atoms with Crippen molar-refractivity contribution in [3.8, 4) is 0 Å². The van der Waals surface area contributed by atoms with Crippen molar-refractivity contribution < 1.29 is 63.9 Å². The van der Waals surface area contributed by atoms with Crippen LogP contribution in [0.15, 0.2) is 12.2 Å². The van der Waals surface area contributed by atoms with E-state index in [-0.39, 0.29) is 12.3 Å². The van der Waals surface area contributed by atoms with Crippen LogP contribution in [0.4, 0.5) is 0 Å². The number of rotatable bonds is 37. The van der Waals surface area contributed by atoms with E-state index in [9.17, 15) is 46.1 Å². The van der Waals surface area contributed by atoms with Gasteiger partial charge in [0.05, 0.1) is 25.4 Å². The molecule has 0 aromatic carbocycles. The summed E-state index contributed by atoms with van der Waals surface area (Å²) in [4.78, 5) is 13.1. The molecule has 1 heterocycles. The number of hydrogen-bond donors (Lipinski definition) is 6. The number of ether oxygens (including phenoxy) is 2. The fraction of sp³-hybridized carbons (Fsp3) is 0.925. The van der Waals surface area contributed by atoms with Crippen molar-refractivity contribution in [1.82, 2.24) is 5.32 Å². The Labute approximate surface area is 344 Å². The summed E-state index contributed by atoms with van der Waals surface area (Å²) >= 11 is 0. The molecule has 57 heavy (non-hydrogen) atoms. The molecule has 17 heteroatoms. The molecule has 1 rings (SSSR count). The molecule has 15 nitrogen and oxygen atoms in total. The topological polar surface area (TPSA) is 235 Å². The zero-order chi connectivity index (χ0) is 42.4. The summed E-state index contributed by atoms with van der Waals surface area (Å²) < 4.78 is 85.3. The van der Waals surface area contributed by atoms with Gasteiger partial charge in [-0.05, 0) is 19.3 Å². The van der Waals surface area contributed by atoms with Crippen molar-refractivity contribution in [2.24, 2.45) is 0 Å². The number of amides is 1. The minimum absolute atomic E-state index is 0.181. The third-order valence-corrected chi connectivity index (χ3v) is 11.2. The SMILES string of the molecule is CCCCCCCCCCCCC/C=C/[C@@H](O)[C@H](CO[C@@H]1O[C@H](CO)[C@H](O)[C@H](OS(=O)(=O)O)[C@H]1OS(=O)(=O)O)NC(=O)CCCCCCCCCCCCCCC. The van der Waals surface area contributed by atoms with E-state index >= 15 is 0 Å². The van der Waals surface area contributed by atoms with Gasteiger partial charge in [-0.15, -0.1) is 0 Å². The highest BCUT2D eigenvalue weighted by Gasteiger charge is 2.51. The molecule has 1 fully saturated rings. The van der Waals surface area contributed by atoms with Crippen LogP contribution in [0.25, 0.3) is 0 Å². The van der Waals surface area contributed by atoms with Gasteiger partial charge in [-0.3, -0.25) is 13.9 Å². The van der Waals surface area contributed by atoms with Gasteiger partial charge in [0.2, 0.25) is 5.91 Å². The molecule has 1 saturated heterocycles. The van der Waals surface area contributed by atoms with Gasteiger partial charge in [-0.1, -0.05) is 167 Å². The molecule has 338 valence electrons. The van der Waals surface area contributed by atoms with Crippen molar-refractivity contribution in [3.63, 3.8) is 0 Å². The summed E-state index contributed by atoms with van der Waals surface area (Å²) in [6.45, 7) is 2.97. The Morgan fingerprint density at radius 1 is 0.684 bits per heavy atom. The highest BCUT2D eigenvalue weighted by Crippen LogP contribution is 2.29. The van der Waals surface area contributed by atoms with Crippen molar-refractivity contribution in [3.05, 3.63) is 12.2 Å². The molecule has 0 aromatic rings. The van der Waals surface area contributed by atoms with Gasteiger partial charge in [0.1, 0.15) is 18.3 Å². The molecule has 7 atom stereocenters. The van der Waals surface area contributed by atoms with E-state index in [1.165, 1.54) is 109 Å². The molecule has 1 amide bonds. The predicted molar refractivity (Wildman–Crippen MR) is 219 cm³/mol. The maximum atomic E-state index is 13.1. The first kappa shape index (κ1) is 53.8.